The molecule has 2 aliphatic rings. The van der Waals surface area contributed by atoms with Crippen LogP contribution in [0.15, 0.2) is 79.0 Å². The fourth-order valence-electron chi connectivity index (χ4n) is 6.06. The number of nitrogens with zero attached hydrogens (tertiary/aromatic N) is 4. The van der Waals surface area contributed by atoms with Crippen molar-refractivity contribution in [2.24, 2.45) is 0 Å². The number of hydrogen-bond donors (Lipinski definition) is 2. The predicted octanol–water partition coefficient (Wildman–Crippen LogP) is 5.07. The molecule has 222 valence electrons. The molecule has 0 spiro atoms. The van der Waals surface area contributed by atoms with Crippen LogP contribution >= 0.6 is 0 Å². The molecule has 43 heavy (non-hydrogen) atoms. The molecule has 3 aromatic carbocycles. The molecule has 0 bridgehead atoms. The van der Waals surface area contributed by atoms with E-state index in [4.69, 9.17) is 9.72 Å². The largest absolute Gasteiger partial charge is 0.497 e. The average molecular weight is 577 g/mol. The van der Waals surface area contributed by atoms with Crippen molar-refractivity contribution in [3.63, 3.8) is 0 Å². The molecule has 8 heteroatoms. The molecule has 1 amide bonds. The van der Waals surface area contributed by atoms with Crippen molar-refractivity contribution in [2.45, 2.75) is 25.2 Å². The first-order valence-corrected chi connectivity index (χ1v) is 15.2. The van der Waals surface area contributed by atoms with Gasteiger partial charge in [-0.15, -0.1) is 0 Å². The third-order valence-electron chi connectivity index (χ3n) is 8.51. The number of amides is 1. The highest BCUT2D eigenvalue weighted by Gasteiger charge is 2.27. The molecule has 1 fully saturated rings. The molecule has 0 radical (unpaired) electrons. The summed E-state index contributed by atoms with van der Waals surface area (Å²) in [5.74, 6) is 1.58. The van der Waals surface area contributed by atoms with E-state index >= 15 is 0 Å². The molecular weight excluding hydrogens is 536 g/mol. The van der Waals surface area contributed by atoms with Crippen LogP contribution in [0.5, 0.6) is 5.75 Å². The van der Waals surface area contributed by atoms with Gasteiger partial charge < -0.3 is 25.2 Å². The van der Waals surface area contributed by atoms with Crippen LogP contribution in [0.3, 0.4) is 0 Å². The van der Waals surface area contributed by atoms with Gasteiger partial charge in [0.25, 0.3) is 0 Å². The van der Waals surface area contributed by atoms with Crippen LogP contribution in [-0.4, -0.2) is 79.1 Å². The first-order valence-electron chi connectivity index (χ1n) is 15.2. The van der Waals surface area contributed by atoms with Gasteiger partial charge in [-0.2, -0.15) is 0 Å². The minimum absolute atomic E-state index is 0.0566. The summed E-state index contributed by atoms with van der Waals surface area (Å²) in [6.45, 7) is 6.54. The summed E-state index contributed by atoms with van der Waals surface area (Å²) in [7, 11) is 3.82. The van der Waals surface area contributed by atoms with Gasteiger partial charge in [0.1, 0.15) is 5.75 Å². The van der Waals surface area contributed by atoms with Gasteiger partial charge in [0.15, 0.2) is 0 Å². The summed E-state index contributed by atoms with van der Waals surface area (Å²) < 4.78 is 5.27. The minimum atomic E-state index is -0.0566. The SMILES string of the molecule is COc1cccc(CC(=O)Nc2ccc(C3Cc4cnc(NCCCN5CCN(C)CC5)nc4-c4ccccc43)cc2)c1. The lowest BCUT2D eigenvalue weighted by molar-refractivity contribution is -0.115. The second-order valence-corrected chi connectivity index (χ2v) is 11.5. The Kier molecular flexibility index (Phi) is 8.96. The maximum absolute atomic E-state index is 12.7. The first kappa shape index (κ1) is 28.8. The van der Waals surface area contributed by atoms with Crippen molar-refractivity contribution >= 4 is 17.5 Å². The van der Waals surface area contributed by atoms with E-state index in [-0.39, 0.29) is 11.8 Å². The van der Waals surface area contributed by atoms with Crippen molar-refractivity contribution in [3.8, 4) is 17.0 Å². The van der Waals surface area contributed by atoms with Crippen LogP contribution in [-0.2, 0) is 17.6 Å². The Morgan fingerprint density at radius 2 is 1.81 bits per heavy atom. The molecule has 0 saturated carbocycles. The third-order valence-corrected chi connectivity index (χ3v) is 8.51. The topological polar surface area (TPSA) is 82.6 Å². The smallest absolute Gasteiger partial charge is 0.228 e. The Morgan fingerprint density at radius 1 is 1.00 bits per heavy atom. The number of rotatable bonds is 10. The first-order chi connectivity index (χ1) is 21.1. The fourth-order valence-corrected chi connectivity index (χ4v) is 6.06. The zero-order valence-corrected chi connectivity index (χ0v) is 25.1. The number of fused-ring (bicyclic) bond motifs is 3. The molecule has 1 unspecified atom stereocenters. The van der Waals surface area contributed by atoms with Crippen molar-refractivity contribution in [2.75, 3.05) is 64.1 Å². The number of anilines is 2. The lowest BCUT2D eigenvalue weighted by Crippen LogP contribution is -2.44. The second-order valence-electron chi connectivity index (χ2n) is 11.5. The van der Waals surface area contributed by atoms with E-state index in [9.17, 15) is 4.79 Å². The van der Waals surface area contributed by atoms with Crippen molar-refractivity contribution in [1.29, 1.82) is 0 Å². The average Bonchev–Trinajstić information content (AvgIpc) is 3.04. The van der Waals surface area contributed by atoms with Crippen LogP contribution in [0.2, 0.25) is 0 Å². The molecule has 4 aromatic rings. The molecule has 1 saturated heterocycles. The maximum Gasteiger partial charge on any atom is 0.228 e. The monoisotopic (exact) mass is 576 g/mol. The number of benzene rings is 3. The lowest BCUT2D eigenvalue weighted by Gasteiger charge is -2.32. The Bertz CT molecular complexity index is 1550. The molecule has 1 aromatic heterocycles. The lowest BCUT2D eigenvalue weighted by atomic mass is 9.78. The van der Waals surface area contributed by atoms with Crippen molar-refractivity contribution in [1.82, 2.24) is 19.8 Å². The van der Waals surface area contributed by atoms with Gasteiger partial charge >= 0.3 is 0 Å². The Balaban J connectivity index is 1.09. The van der Waals surface area contributed by atoms with E-state index in [2.05, 4.69) is 68.9 Å². The predicted molar refractivity (Wildman–Crippen MR) is 172 cm³/mol. The molecule has 6 rings (SSSR count). The summed E-state index contributed by atoms with van der Waals surface area (Å²) in [5.41, 5.74) is 7.50. The molecular formula is C35H40N6O2. The summed E-state index contributed by atoms with van der Waals surface area (Å²) in [4.78, 5) is 27.3. The molecule has 1 aliphatic carbocycles. The summed E-state index contributed by atoms with van der Waals surface area (Å²) >= 11 is 0. The van der Waals surface area contributed by atoms with E-state index < -0.39 is 0 Å². The van der Waals surface area contributed by atoms with E-state index in [1.54, 1.807) is 7.11 Å². The number of piperazine rings is 1. The van der Waals surface area contributed by atoms with Gasteiger partial charge in [0.2, 0.25) is 11.9 Å². The Labute approximate surface area is 254 Å². The van der Waals surface area contributed by atoms with Gasteiger partial charge in [-0.1, -0.05) is 48.5 Å². The number of likely N-dealkylation sites (N-methyl/N-ethyl adjacent to an activating group) is 1. The van der Waals surface area contributed by atoms with Gasteiger partial charge in [0.05, 0.1) is 19.2 Å². The minimum Gasteiger partial charge on any atom is -0.497 e. The van der Waals surface area contributed by atoms with Crippen LogP contribution < -0.4 is 15.4 Å². The van der Waals surface area contributed by atoms with E-state index in [1.165, 1.54) is 11.1 Å². The highest BCUT2D eigenvalue weighted by Crippen LogP contribution is 2.42. The second kappa shape index (κ2) is 13.4. The van der Waals surface area contributed by atoms with Crippen molar-refractivity contribution < 1.29 is 9.53 Å². The summed E-state index contributed by atoms with van der Waals surface area (Å²) in [6.07, 6.45) is 4.18. The quantitative estimate of drug-likeness (QED) is 0.255. The molecule has 2 N–H and O–H groups in total. The molecule has 2 heterocycles. The number of ether oxygens (including phenoxy) is 1. The van der Waals surface area contributed by atoms with E-state index in [1.807, 2.05) is 42.6 Å². The zero-order chi connectivity index (χ0) is 29.6. The van der Waals surface area contributed by atoms with Gasteiger partial charge in [-0.3, -0.25) is 4.79 Å². The van der Waals surface area contributed by atoms with E-state index in [0.29, 0.717) is 12.4 Å². The summed E-state index contributed by atoms with van der Waals surface area (Å²) in [5, 5.41) is 6.49. The van der Waals surface area contributed by atoms with Crippen molar-refractivity contribution in [3.05, 3.63) is 101 Å². The number of hydrogen-bond acceptors (Lipinski definition) is 7. The normalized spacial score (nSPS) is 16.7. The van der Waals surface area contributed by atoms with Crippen LogP contribution in [0.25, 0.3) is 11.3 Å². The molecule has 1 atom stereocenters. The number of nitrogens with one attached hydrogen (secondary N) is 2. The van der Waals surface area contributed by atoms with E-state index in [0.717, 1.165) is 85.9 Å². The number of methoxy groups -OCH3 is 1. The van der Waals surface area contributed by atoms with Gasteiger partial charge in [-0.25, -0.2) is 9.97 Å². The molecule has 8 nitrogen and oxygen atoms in total. The van der Waals surface area contributed by atoms with Crippen LogP contribution in [0, 0.1) is 0 Å². The molecule has 1 aliphatic heterocycles. The highest BCUT2D eigenvalue weighted by molar-refractivity contribution is 5.92. The highest BCUT2D eigenvalue weighted by atomic mass is 16.5. The van der Waals surface area contributed by atoms with Gasteiger partial charge in [0, 0.05) is 56.1 Å². The maximum atomic E-state index is 12.7. The third kappa shape index (κ3) is 7.04. The van der Waals surface area contributed by atoms with Gasteiger partial charge in [-0.05, 0) is 73.0 Å². The van der Waals surface area contributed by atoms with Crippen LogP contribution in [0.4, 0.5) is 11.6 Å². The number of aromatic nitrogens is 2. The Hall–Kier alpha value is -4.27. The van der Waals surface area contributed by atoms with Crippen LogP contribution in [0.1, 0.15) is 34.6 Å². The summed E-state index contributed by atoms with van der Waals surface area (Å²) in [6, 6.07) is 24.4. The Morgan fingerprint density at radius 3 is 2.63 bits per heavy atom. The zero-order valence-electron chi connectivity index (χ0n) is 25.1. The fraction of sp³-hybridized carbons (Fsp3) is 0.343. The standard InChI is InChI=1S/C35H40N6O2/c1-40-17-19-41(20-18-40)16-6-15-36-35-37-24-27-23-32(30-9-3-4-10-31(30)34(27)39-35)26-11-13-28(14-12-26)38-33(42)22-25-7-5-8-29(21-25)43-2/h3-5,7-14,21,24,32H,6,15-20,22-23H2,1-2H3,(H,38,42)(H,36,37,39). The number of carbonyl (C=O) groups is 1. The number of carbonyl (C=O) groups excluding carboxylic acids is 1.